The van der Waals surface area contributed by atoms with E-state index in [4.69, 9.17) is 13.9 Å². The smallest absolute Gasteiger partial charge is 0.412 e. The maximum Gasteiger partial charge on any atom is 0.412 e. The zero-order valence-corrected chi connectivity index (χ0v) is 16.1. The third kappa shape index (κ3) is 7.37. The Balaban J connectivity index is 1.82. The van der Waals surface area contributed by atoms with Crippen LogP contribution in [0.4, 0.5) is 10.5 Å². The lowest BCUT2D eigenvalue weighted by Gasteiger charge is -2.19. The van der Waals surface area contributed by atoms with Crippen molar-refractivity contribution in [1.82, 2.24) is 10.9 Å². The number of anilines is 1. The second-order valence-electron chi connectivity index (χ2n) is 6.76. The fraction of sp³-hybridized carbons (Fsp3) is 0.263. The van der Waals surface area contributed by atoms with E-state index in [9.17, 15) is 19.2 Å². The molecule has 0 atom stereocenters. The Hall–Kier alpha value is -3.82. The number of furan rings is 1. The summed E-state index contributed by atoms with van der Waals surface area (Å²) in [5, 5.41) is 2.50. The van der Waals surface area contributed by atoms with E-state index in [1.165, 1.54) is 36.6 Å². The number of hydrogen-bond acceptors (Lipinski definition) is 7. The van der Waals surface area contributed by atoms with Crippen LogP contribution in [0.15, 0.2) is 47.1 Å². The van der Waals surface area contributed by atoms with Gasteiger partial charge in [0.05, 0.1) is 11.8 Å². The van der Waals surface area contributed by atoms with Gasteiger partial charge in [0.15, 0.2) is 12.4 Å². The summed E-state index contributed by atoms with van der Waals surface area (Å²) < 4.78 is 14.9. The van der Waals surface area contributed by atoms with E-state index in [0.29, 0.717) is 5.69 Å². The van der Waals surface area contributed by atoms with Gasteiger partial charge in [-0.2, -0.15) is 0 Å². The molecule has 0 unspecified atom stereocenters. The Morgan fingerprint density at radius 1 is 1.03 bits per heavy atom. The van der Waals surface area contributed by atoms with Crippen LogP contribution in [0.3, 0.4) is 0 Å². The molecule has 154 valence electrons. The monoisotopic (exact) mass is 403 g/mol. The number of benzene rings is 1. The molecule has 0 radical (unpaired) electrons. The Morgan fingerprint density at radius 3 is 2.45 bits per heavy atom. The number of carbonyl (C=O) groups excluding carboxylic acids is 4. The fourth-order valence-electron chi connectivity index (χ4n) is 1.99. The van der Waals surface area contributed by atoms with Crippen LogP contribution in [-0.4, -0.2) is 36.1 Å². The van der Waals surface area contributed by atoms with Gasteiger partial charge in [-0.15, -0.1) is 0 Å². The van der Waals surface area contributed by atoms with Gasteiger partial charge in [0.2, 0.25) is 0 Å². The Labute approximate surface area is 166 Å². The lowest BCUT2D eigenvalue weighted by Crippen LogP contribution is -2.43. The highest BCUT2D eigenvalue weighted by molar-refractivity contribution is 5.95. The minimum Gasteiger partial charge on any atom is -0.459 e. The molecule has 0 aliphatic heterocycles. The number of carbonyl (C=O) groups is 4. The summed E-state index contributed by atoms with van der Waals surface area (Å²) in [6, 6.07) is 8.87. The molecule has 3 amide bonds. The van der Waals surface area contributed by atoms with Gasteiger partial charge in [-0.25, -0.2) is 9.59 Å². The molecule has 0 fully saturated rings. The molecule has 10 heteroatoms. The zero-order valence-electron chi connectivity index (χ0n) is 16.1. The average Bonchev–Trinajstić information content (AvgIpc) is 3.17. The average molecular weight is 403 g/mol. The van der Waals surface area contributed by atoms with E-state index in [2.05, 4.69) is 16.2 Å². The van der Waals surface area contributed by atoms with Gasteiger partial charge < -0.3 is 13.9 Å². The number of amides is 3. The van der Waals surface area contributed by atoms with Crippen molar-refractivity contribution in [2.45, 2.75) is 26.4 Å². The van der Waals surface area contributed by atoms with Crippen molar-refractivity contribution in [3.63, 3.8) is 0 Å². The third-order valence-corrected chi connectivity index (χ3v) is 3.14. The second-order valence-corrected chi connectivity index (χ2v) is 6.76. The molecule has 3 N–H and O–H groups in total. The number of rotatable bonds is 5. The van der Waals surface area contributed by atoms with Crippen molar-refractivity contribution in [3.8, 4) is 0 Å². The van der Waals surface area contributed by atoms with Gasteiger partial charge in [-0.05, 0) is 51.1 Å². The van der Waals surface area contributed by atoms with Crippen molar-refractivity contribution < 1.29 is 33.1 Å². The number of esters is 1. The summed E-state index contributed by atoms with van der Waals surface area (Å²) in [6.45, 7) is 4.55. The van der Waals surface area contributed by atoms with Gasteiger partial charge in [0, 0.05) is 5.69 Å². The number of nitrogens with one attached hydrogen (secondary N) is 3. The molecular formula is C19H21N3O7. The molecule has 29 heavy (non-hydrogen) atoms. The van der Waals surface area contributed by atoms with E-state index < -0.39 is 36.1 Å². The number of hydrogen-bond donors (Lipinski definition) is 3. The molecular weight excluding hydrogens is 382 g/mol. The Morgan fingerprint density at radius 2 is 1.79 bits per heavy atom. The molecule has 0 aliphatic rings. The number of ether oxygens (including phenoxy) is 2. The molecule has 0 aliphatic carbocycles. The minimum atomic E-state index is -0.787. The summed E-state index contributed by atoms with van der Waals surface area (Å²) in [5.41, 5.74) is 3.97. The lowest BCUT2D eigenvalue weighted by atomic mass is 10.2. The van der Waals surface area contributed by atoms with Crippen LogP contribution in [0.5, 0.6) is 0 Å². The van der Waals surface area contributed by atoms with E-state index >= 15 is 0 Å². The molecule has 0 saturated heterocycles. The largest absolute Gasteiger partial charge is 0.459 e. The van der Waals surface area contributed by atoms with Crippen molar-refractivity contribution in [3.05, 3.63) is 54.0 Å². The predicted molar refractivity (Wildman–Crippen MR) is 101 cm³/mol. The first-order valence-electron chi connectivity index (χ1n) is 8.54. The van der Waals surface area contributed by atoms with E-state index in [1.807, 2.05) is 0 Å². The summed E-state index contributed by atoms with van der Waals surface area (Å²) in [4.78, 5) is 47.2. The van der Waals surface area contributed by atoms with Crippen LogP contribution in [-0.2, 0) is 14.3 Å². The van der Waals surface area contributed by atoms with Crippen LogP contribution in [0, 0.1) is 0 Å². The van der Waals surface area contributed by atoms with Crippen LogP contribution in [0.1, 0.15) is 41.7 Å². The predicted octanol–water partition coefficient (Wildman–Crippen LogP) is 2.24. The molecule has 1 aromatic heterocycles. The fourth-order valence-corrected chi connectivity index (χ4v) is 1.99. The second kappa shape index (κ2) is 9.40. The normalized spacial score (nSPS) is 10.6. The molecule has 0 saturated carbocycles. The van der Waals surface area contributed by atoms with Crippen LogP contribution >= 0.6 is 0 Å². The summed E-state index contributed by atoms with van der Waals surface area (Å²) in [6.07, 6.45) is 0.638. The first kappa shape index (κ1) is 21.5. The highest BCUT2D eigenvalue weighted by Gasteiger charge is 2.17. The molecule has 2 rings (SSSR count). The Kier molecular flexibility index (Phi) is 6.96. The van der Waals surface area contributed by atoms with Gasteiger partial charge >= 0.3 is 18.0 Å². The van der Waals surface area contributed by atoms with Crippen LogP contribution in [0.25, 0.3) is 0 Å². The zero-order chi connectivity index (χ0) is 21.4. The first-order valence-corrected chi connectivity index (χ1v) is 8.54. The van der Waals surface area contributed by atoms with Gasteiger partial charge in [0.25, 0.3) is 5.91 Å². The quantitative estimate of drug-likeness (QED) is 0.514. The standard InChI is InChI=1S/C19H21N3O7/c1-19(2,3)29-18(26)20-13-7-4-6-12(10-13)17(25)28-11-15(23)21-22-16(24)14-8-5-9-27-14/h4-10H,11H2,1-3H3,(H,20,26)(H,21,23)(H,22,24). The van der Waals surface area contributed by atoms with Crippen LogP contribution in [0.2, 0.25) is 0 Å². The third-order valence-electron chi connectivity index (χ3n) is 3.14. The van der Waals surface area contributed by atoms with Gasteiger partial charge in [0.1, 0.15) is 5.60 Å². The van der Waals surface area contributed by atoms with Crippen molar-refractivity contribution in [1.29, 1.82) is 0 Å². The molecule has 0 bridgehead atoms. The van der Waals surface area contributed by atoms with E-state index in [-0.39, 0.29) is 11.3 Å². The maximum absolute atomic E-state index is 12.1. The van der Waals surface area contributed by atoms with E-state index in [1.54, 1.807) is 26.8 Å². The maximum atomic E-state index is 12.1. The van der Waals surface area contributed by atoms with Crippen LogP contribution < -0.4 is 16.2 Å². The summed E-state index contributed by atoms with van der Waals surface area (Å²) in [5.74, 6) is -2.18. The van der Waals surface area contributed by atoms with Crippen molar-refractivity contribution in [2.24, 2.45) is 0 Å². The summed E-state index contributed by atoms with van der Waals surface area (Å²) >= 11 is 0. The SMILES string of the molecule is CC(C)(C)OC(=O)Nc1cccc(C(=O)OCC(=O)NNC(=O)c2ccco2)c1. The molecule has 2 aromatic rings. The topological polar surface area (TPSA) is 136 Å². The van der Waals surface area contributed by atoms with E-state index in [0.717, 1.165) is 0 Å². The Bertz CT molecular complexity index is 885. The summed E-state index contributed by atoms with van der Waals surface area (Å²) in [7, 11) is 0. The highest BCUT2D eigenvalue weighted by atomic mass is 16.6. The lowest BCUT2D eigenvalue weighted by molar-refractivity contribution is -0.125. The molecule has 0 spiro atoms. The number of hydrazine groups is 1. The first-order chi connectivity index (χ1) is 13.6. The molecule has 1 aromatic carbocycles. The molecule has 10 nitrogen and oxygen atoms in total. The molecule has 1 heterocycles. The highest BCUT2D eigenvalue weighted by Crippen LogP contribution is 2.14. The van der Waals surface area contributed by atoms with Gasteiger partial charge in [-0.1, -0.05) is 6.07 Å². The van der Waals surface area contributed by atoms with Gasteiger partial charge in [-0.3, -0.25) is 25.8 Å². The van der Waals surface area contributed by atoms with Crippen molar-refractivity contribution in [2.75, 3.05) is 11.9 Å². The van der Waals surface area contributed by atoms with Crippen molar-refractivity contribution >= 4 is 29.6 Å². The minimum absolute atomic E-state index is 0.0107.